The van der Waals surface area contributed by atoms with Crippen molar-refractivity contribution in [2.24, 2.45) is 0 Å². The fraction of sp³-hybridized carbons (Fsp3) is 0.500. The lowest BCUT2D eigenvalue weighted by Gasteiger charge is -2.46. The molecule has 0 saturated carbocycles. The fourth-order valence-corrected chi connectivity index (χ4v) is 4.79. The van der Waals surface area contributed by atoms with Crippen LogP contribution in [0.3, 0.4) is 0 Å². The van der Waals surface area contributed by atoms with Crippen LogP contribution < -0.4 is 5.01 Å². The Bertz CT molecular complexity index is 1320. The summed E-state index contributed by atoms with van der Waals surface area (Å²) in [5.41, 5.74) is -6.23. The molecule has 0 aromatic heterocycles. The smallest absolute Gasteiger partial charge is 0.428 e. The minimum atomic E-state index is -5.16. The number of ether oxygens (including phenoxy) is 2. The Morgan fingerprint density at radius 1 is 0.860 bits per heavy atom. The summed E-state index contributed by atoms with van der Waals surface area (Å²) in [4.78, 5) is 26.2. The quantitative estimate of drug-likeness (QED) is 0.246. The third kappa shape index (κ3) is 7.85. The van der Waals surface area contributed by atoms with Crippen molar-refractivity contribution < 1.29 is 58.6 Å². The number of carbonyl (C=O) groups is 2. The Hall–Kier alpha value is -3.65. The number of halogens is 9. The van der Waals surface area contributed by atoms with E-state index in [0.29, 0.717) is 29.3 Å². The number of hydrogen-bond acceptors (Lipinski definition) is 5. The van der Waals surface area contributed by atoms with E-state index in [1.54, 1.807) is 27.7 Å². The molecular weight excluding hydrogens is 599 g/mol. The lowest BCUT2D eigenvalue weighted by atomic mass is 9.84. The summed E-state index contributed by atoms with van der Waals surface area (Å²) in [6, 6.07) is 2.36. The number of anilines is 1. The third-order valence-electron chi connectivity index (χ3n) is 6.62. The lowest BCUT2D eigenvalue weighted by Crippen LogP contribution is -2.54. The molecule has 238 valence electrons. The van der Waals surface area contributed by atoms with Gasteiger partial charge in [0.2, 0.25) is 0 Å². The molecule has 1 amide bonds. The van der Waals surface area contributed by atoms with Crippen LogP contribution in [0.5, 0.6) is 0 Å². The Balaban J connectivity index is 2.23. The lowest BCUT2D eigenvalue weighted by molar-refractivity contribution is -0.157. The SMILES string of the molecule is CCC1CC(C(=O)OC(C)(C)C)c2cc(C(F)(F)F)ccc2N1N(Cc1cc(C(F)(F)F)cc(C(F)(F)F)c1)C(=O)OC. The molecule has 2 aromatic rings. The van der Waals surface area contributed by atoms with E-state index >= 15 is 0 Å². The van der Waals surface area contributed by atoms with Gasteiger partial charge >= 0.3 is 30.6 Å². The van der Waals surface area contributed by atoms with E-state index < -0.39 is 77.0 Å². The van der Waals surface area contributed by atoms with Crippen LogP contribution in [-0.4, -0.2) is 35.8 Å². The van der Waals surface area contributed by atoms with Crippen molar-refractivity contribution in [3.8, 4) is 0 Å². The molecule has 1 aliphatic heterocycles. The number of nitrogens with zero attached hydrogens (tertiary/aromatic N) is 2. The van der Waals surface area contributed by atoms with Gasteiger partial charge in [-0.3, -0.25) is 9.80 Å². The van der Waals surface area contributed by atoms with Crippen molar-refractivity contribution in [1.82, 2.24) is 5.01 Å². The van der Waals surface area contributed by atoms with Crippen molar-refractivity contribution in [2.45, 2.75) is 83.2 Å². The normalized spacial score (nSPS) is 17.8. The average Bonchev–Trinajstić information content (AvgIpc) is 2.87. The highest BCUT2D eigenvalue weighted by molar-refractivity contribution is 5.83. The number of benzene rings is 2. The van der Waals surface area contributed by atoms with Gasteiger partial charge in [-0.15, -0.1) is 0 Å². The first-order valence-electron chi connectivity index (χ1n) is 12.9. The van der Waals surface area contributed by atoms with Gasteiger partial charge in [-0.2, -0.15) is 39.5 Å². The Kier molecular flexibility index (Phi) is 9.28. The number of rotatable bonds is 5. The van der Waals surface area contributed by atoms with Crippen LogP contribution in [0.15, 0.2) is 36.4 Å². The van der Waals surface area contributed by atoms with Crippen molar-refractivity contribution in [3.05, 3.63) is 64.2 Å². The van der Waals surface area contributed by atoms with E-state index in [1.807, 2.05) is 0 Å². The molecule has 2 aromatic carbocycles. The molecule has 43 heavy (non-hydrogen) atoms. The molecule has 0 N–H and O–H groups in total. The summed E-state index contributed by atoms with van der Waals surface area (Å²) in [6.07, 6.45) is -16.4. The maximum atomic E-state index is 13.7. The minimum Gasteiger partial charge on any atom is -0.459 e. The van der Waals surface area contributed by atoms with Gasteiger partial charge in [-0.1, -0.05) is 6.92 Å². The van der Waals surface area contributed by atoms with Gasteiger partial charge < -0.3 is 9.47 Å². The van der Waals surface area contributed by atoms with E-state index in [0.717, 1.165) is 18.2 Å². The number of alkyl halides is 9. The van der Waals surface area contributed by atoms with Crippen LogP contribution in [0.25, 0.3) is 0 Å². The molecule has 6 nitrogen and oxygen atoms in total. The molecule has 0 spiro atoms. The number of amides is 1. The van der Waals surface area contributed by atoms with Crippen molar-refractivity contribution in [3.63, 3.8) is 0 Å². The van der Waals surface area contributed by atoms with Gasteiger partial charge in [-0.25, -0.2) is 9.80 Å². The summed E-state index contributed by atoms with van der Waals surface area (Å²) in [5.74, 6) is -2.08. The first-order valence-corrected chi connectivity index (χ1v) is 12.9. The molecule has 3 rings (SSSR count). The molecular formula is C28H29F9N2O4. The number of methoxy groups -OCH3 is 1. The van der Waals surface area contributed by atoms with Crippen LogP contribution in [0.1, 0.15) is 74.3 Å². The molecule has 1 heterocycles. The number of hydrazine groups is 1. The first-order chi connectivity index (χ1) is 19.6. The van der Waals surface area contributed by atoms with E-state index in [-0.39, 0.29) is 30.2 Å². The Labute approximate surface area is 241 Å². The second-order valence-corrected chi connectivity index (χ2v) is 10.9. The largest absolute Gasteiger partial charge is 0.459 e. The predicted octanol–water partition coefficient (Wildman–Crippen LogP) is 8.34. The number of esters is 1. The molecule has 1 aliphatic rings. The summed E-state index contributed by atoms with van der Waals surface area (Å²) >= 11 is 0. The highest BCUT2D eigenvalue weighted by atomic mass is 19.4. The standard InChI is InChI=1S/C28H29F9N2O4/c1-6-19-13-21(23(40)43-25(2,3)4)20-12-16(26(29,30)31)7-8-22(20)39(19)38(24(41)42-5)14-15-9-17(27(32,33)34)11-18(10-15)28(35,36)37/h7-12,19,21H,6,13-14H2,1-5H3. The maximum Gasteiger partial charge on any atom is 0.428 e. The molecule has 0 fully saturated rings. The second-order valence-electron chi connectivity index (χ2n) is 10.9. The molecule has 0 saturated heterocycles. The summed E-state index contributed by atoms with van der Waals surface area (Å²) in [6.45, 7) is 5.43. The fourth-order valence-electron chi connectivity index (χ4n) is 4.79. The van der Waals surface area contributed by atoms with Crippen LogP contribution in [-0.2, 0) is 39.3 Å². The van der Waals surface area contributed by atoms with E-state index in [9.17, 15) is 49.1 Å². The predicted molar refractivity (Wildman–Crippen MR) is 136 cm³/mol. The van der Waals surface area contributed by atoms with E-state index in [1.165, 1.54) is 0 Å². The van der Waals surface area contributed by atoms with Crippen molar-refractivity contribution >= 4 is 17.7 Å². The zero-order valence-electron chi connectivity index (χ0n) is 23.7. The number of hydrogen-bond donors (Lipinski definition) is 0. The highest BCUT2D eigenvalue weighted by Crippen LogP contribution is 2.45. The summed E-state index contributed by atoms with van der Waals surface area (Å²) in [5, 5.41) is 1.86. The van der Waals surface area contributed by atoms with Crippen molar-refractivity contribution in [1.29, 1.82) is 0 Å². The maximum absolute atomic E-state index is 13.7. The molecule has 0 aliphatic carbocycles. The highest BCUT2D eigenvalue weighted by Gasteiger charge is 2.44. The molecule has 0 radical (unpaired) electrons. The van der Waals surface area contributed by atoms with E-state index in [2.05, 4.69) is 0 Å². The molecule has 15 heteroatoms. The Morgan fingerprint density at radius 3 is 1.84 bits per heavy atom. The van der Waals surface area contributed by atoms with Gasteiger partial charge in [0.05, 0.1) is 48.0 Å². The summed E-state index contributed by atoms with van der Waals surface area (Å²) in [7, 11) is 0.921. The molecule has 0 bridgehead atoms. The Morgan fingerprint density at radius 2 is 1.40 bits per heavy atom. The topological polar surface area (TPSA) is 59.1 Å². The summed E-state index contributed by atoms with van der Waals surface area (Å²) < 4.78 is 132. The van der Waals surface area contributed by atoms with E-state index in [4.69, 9.17) is 9.47 Å². The zero-order valence-corrected chi connectivity index (χ0v) is 23.7. The number of carbonyl (C=O) groups excluding carboxylic acids is 2. The van der Waals surface area contributed by atoms with Gasteiger partial charge in [-0.05, 0) is 81.1 Å². The minimum absolute atomic E-state index is 0.0683. The van der Waals surface area contributed by atoms with Crippen LogP contribution >= 0.6 is 0 Å². The van der Waals surface area contributed by atoms with Gasteiger partial charge in [0, 0.05) is 0 Å². The third-order valence-corrected chi connectivity index (χ3v) is 6.62. The monoisotopic (exact) mass is 628 g/mol. The van der Waals surface area contributed by atoms with Crippen LogP contribution in [0.4, 0.5) is 50.0 Å². The first kappa shape index (κ1) is 33.8. The molecule has 2 unspecified atom stereocenters. The average molecular weight is 629 g/mol. The van der Waals surface area contributed by atoms with Crippen LogP contribution in [0, 0.1) is 0 Å². The van der Waals surface area contributed by atoms with Crippen LogP contribution in [0.2, 0.25) is 0 Å². The van der Waals surface area contributed by atoms with Gasteiger partial charge in [0.25, 0.3) is 0 Å². The van der Waals surface area contributed by atoms with Crippen molar-refractivity contribution in [2.75, 3.05) is 12.1 Å². The zero-order chi connectivity index (χ0) is 32.7. The van der Waals surface area contributed by atoms with Gasteiger partial charge in [0.15, 0.2) is 0 Å². The van der Waals surface area contributed by atoms with Gasteiger partial charge in [0.1, 0.15) is 5.60 Å². The number of fused-ring (bicyclic) bond motifs is 1. The molecule has 2 atom stereocenters. The second kappa shape index (κ2) is 11.8.